The van der Waals surface area contributed by atoms with E-state index in [0.717, 1.165) is 13.2 Å². The second-order valence-electron chi connectivity index (χ2n) is 3.40. The normalized spacial score (nSPS) is 9.81. The van der Waals surface area contributed by atoms with Crippen molar-refractivity contribution >= 4 is 58.3 Å². The fourth-order valence-corrected chi connectivity index (χ4v) is 2.25. The van der Waals surface area contributed by atoms with E-state index in [-0.39, 0.29) is 10.0 Å². The quantitative estimate of drug-likeness (QED) is 0.584. The van der Waals surface area contributed by atoms with E-state index in [1.807, 2.05) is 13.8 Å². The summed E-state index contributed by atoms with van der Waals surface area (Å²) in [5.41, 5.74) is -1.37. The molecule has 9 heteroatoms. The zero-order valence-corrected chi connectivity index (χ0v) is 14.1. The molecule has 0 heterocycles. The molecule has 0 saturated heterocycles. The number of carboxylic acid groups (broad SMARTS) is 2. The summed E-state index contributed by atoms with van der Waals surface area (Å²) in [4.78, 5) is 21.7. The standard InChI is InChI=1S/C8H2Cl4O4.C4H10O/c9-3-1(7(13)14)2(8(15)16)4(10)6(12)5(3)11;1-3-5-4-2/h(H,13,14)(H,15,16);3-4H2,1-2H3. The minimum Gasteiger partial charge on any atom is -0.478 e. The molecule has 2 N–H and O–H groups in total. The van der Waals surface area contributed by atoms with Crippen LogP contribution >= 0.6 is 46.4 Å². The molecule has 0 radical (unpaired) electrons. The number of hydrogen-bond acceptors (Lipinski definition) is 3. The van der Waals surface area contributed by atoms with Crippen LogP contribution in [0.25, 0.3) is 0 Å². The Hall–Kier alpha value is -0.720. The topological polar surface area (TPSA) is 83.8 Å². The molecule has 0 fully saturated rings. The molecule has 0 amide bonds. The van der Waals surface area contributed by atoms with Gasteiger partial charge in [0, 0.05) is 13.2 Å². The van der Waals surface area contributed by atoms with Crippen molar-refractivity contribution in [2.75, 3.05) is 13.2 Å². The molecule has 1 aromatic rings. The van der Waals surface area contributed by atoms with Crippen LogP contribution in [0.4, 0.5) is 0 Å². The van der Waals surface area contributed by atoms with Gasteiger partial charge in [-0.2, -0.15) is 0 Å². The Balaban J connectivity index is 0.000000690. The van der Waals surface area contributed by atoms with E-state index in [4.69, 9.17) is 61.4 Å². The maximum atomic E-state index is 10.9. The van der Waals surface area contributed by atoms with Crippen LogP contribution in [0.1, 0.15) is 34.6 Å². The number of hydrogen-bond donors (Lipinski definition) is 2. The number of carbonyl (C=O) groups is 2. The molecule has 0 aliphatic carbocycles. The van der Waals surface area contributed by atoms with Gasteiger partial charge in [0.25, 0.3) is 0 Å². The first-order chi connectivity index (χ1) is 9.70. The summed E-state index contributed by atoms with van der Waals surface area (Å²) in [5, 5.41) is 16.1. The van der Waals surface area contributed by atoms with Crippen LogP contribution < -0.4 is 0 Å². The number of ether oxygens (including phenoxy) is 1. The third kappa shape index (κ3) is 5.20. The highest BCUT2D eigenvalue weighted by Crippen LogP contribution is 2.41. The molecule has 0 unspecified atom stereocenters. The maximum absolute atomic E-state index is 10.9. The Morgan fingerprint density at radius 1 is 0.810 bits per heavy atom. The van der Waals surface area contributed by atoms with Gasteiger partial charge in [0.15, 0.2) is 0 Å². The minimum atomic E-state index is -1.55. The average molecular weight is 378 g/mol. The van der Waals surface area contributed by atoms with Crippen LogP contribution in [-0.4, -0.2) is 35.4 Å². The highest BCUT2D eigenvalue weighted by molar-refractivity contribution is 6.53. The van der Waals surface area contributed by atoms with Crippen LogP contribution in [0.2, 0.25) is 20.1 Å². The molecule has 1 rings (SSSR count). The second kappa shape index (κ2) is 9.33. The summed E-state index contributed by atoms with van der Waals surface area (Å²) in [7, 11) is 0. The molecule has 0 saturated carbocycles. The van der Waals surface area contributed by atoms with E-state index in [9.17, 15) is 9.59 Å². The molecule has 0 aromatic heterocycles. The van der Waals surface area contributed by atoms with Crippen LogP contribution in [-0.2, 0) is 4.74 Å². The molecule has 1 aromatic carbocycles. The molecule has 0 aliphatic heterocycles. The van der Waals surface area contributed by atoms with E-state index >= 15 is 0 Å². The summed E-state index contributed by atoms with van der Waals surface area (Å²) >= 11 is 22.4. The molecular formula is C12H12Cl4O5. The van der Waals surface area contributed by atoms with Crippen LogP contribution in [0.3, 0.4) is 0 Å². The van der Waals surface area contributed by atoms with Gasteiger partial charge < -0.3 is 14.9 Å². The molecule has 0 bridgehead atoms. The van der Waals surface area contributed by atoms with Crippen molar-refractivity contribution in [2.24, 2.45) is 0 Å². The van der Waals surface area contributed by atoms with E-state index in [1.165, 1.54) is 0 Å². The van der Waals surface area contributed by atoms with Crippen LogP contribution in [0, 0.1) is 0 Å². The lowest BCUT2D eigenvalue weighted by Gasteiger charge is -2.10. The molecule has 0 atom stereocenters. The lowest BCUT2D eigenvalue weighted by atomic mass is 10.1. The van der Waals surface area contributed by atoms with E-state index in [0.29, 0.717) is 0 Å². The predicted octanol–water partition coefficient (Wildman–Crippen LogP) is 4.74. The smallest absolute Gasteiger partial charge is 0.338 e. The van der Waals surface area contributed by atoms with Gasteiger partial charge in [-0.15, -0.1) is 0 Å². The average Bonchev–Trinajstić information content (AvgIpc) is 2.41. The van der Waals surface area contributed by atoms with Crippen molar-refractivity contribution in [2.45, 2.75) is 13.8 Å². The minimum absolute atomic E-state index is 0.296. The molecule has 21 heavy (non-hydrogen) atoms. The molecule has 118 valence electrons. The summed E-state index contributed by atoms with van der Waals surface area (Å²) < 4.78 is 4.83. The van der Waals surface area contributed by atoms with E-state index < -0.39 is 33.1 Å². The summed E-state index contributed by atoms with van der Waals surface area (Å²) in [6, 6.07) is 0. The van der Waals surface area contributed by atoms with Crippen LogP contribution in [0.5, 0.6) is 0 Å². The van der Waals surface area contributed by atoms with Gasteiger partial charge in [0.1, 0.15) is 0 Å². The Kier molecular flexibility index (Phi) is 9.01. The number of carboxylic acids is 2. The van der Waals surface area contributed by atoms with Gasteiger partial charge in [-0.3, -0.25) is 0 Å². The van der Waals surface area contributed by atoms with Crippen molar-refractivity contribution < 1.29 is 24.5 Å². The zero-order valence-electron chi connectivity index (χ0n) is 11.0. The fraction of sp³-hybridized carbons (Fsp3) is 0.333. The first-order valence-corrected chi connectivity index (χ1v) is 7.11. The second-order valence-corrected chi connectivity index (χ2v) is 4.91. The Morgan fingerprint density at radius 3 is 1.24 bits per heavy atom. The molecular weight excluding hydrogens is 366 g/mol. The summed E-state index contributed by atoms with van der Waals surface area (Å²) in [6.07, 6.45) is 0. The summed E-state index contributed by atoms with van der Waals surface area (Å²) in [6.45, 7) is 5.67. The van der Waals surface area contributed by atoms with Crippen molar-refractivity contribution in [3.05, 3.63) is 31.2 Å². The third-order valence-corrected chi connectivity index (χ3v) is 3.91. The predicted molar refractivity (Wildman–Crippen MR) is 82.6 cm³/mol. The van der Waals surface area contributed by atoms with Crippen molar-refractivity contribution in [1.29, 1.82) is 0 Å². The van der Waals surface area contributed by atoms with Crippen molar-refractivity contribution in [1.82, 2.24) is 0 Å². The van der Waals surface area contributed by atoms with Gasteiger partial charge in [0.2, 0.25) is 0 Å². The maximum Gasteiger partial charge on any atom is 0.338 e. The van der Waals surface area contributed by atoms with Gasteiger partial charge in [-0.05, 0) is 13.8 Å². The SMILES string of the molecule is CCOCC.O=C(O)c1c(Cl)c(Cl)c(Cl)c(Cl)c1C(=O)O. The largest absolute Gasteiger partial charge is 0.478 e. The highest BCUT2D eigenvalue weighted by Gasteiger charge is 2.28. The Morgan fingerprint density at radius 2 is 1.10 bits per heavy atom. The summed E-state index contributed by atoms with van der Waals surface area (Å²) in [5.74, 6) is -3.11. The zero-order chi connectivity index (χ0) is 16.7. The van der Waals surface area contributed by atoms with Crippen molar-refractivity contribution in [3.63, 3.8) is 0 Å². The molecule has 0 aliphatic rings. The van der Waals surface area contributed by atoms with E-state index in [2.05, 4.69) is 0 Å². The number of rotatable bonds is 4. The van der Waals surface area contributed by atoms with E-state index in [1.54, 1.807) is 0 Å². The fourth-order valence-electron chi connectivity index (χ4n) is 1.24. The lowest BCUT2D eigenvalue weighted by molar-refractivity contribution is 0.0652. The Bertz CT molecular complexity index is 498. The highest BCUT2D eigenvalue weighted by atomic mass is 35.5. The third-order valence-electron chi connectivity index (χ3n) is 2.10. The lowest BCUT2D eigenvalue weighted by Crippen LogP contribution is -2.10. The van der Waals surface area contributed by atoms with Gasteiger partial charge in [-0.25, -0.2) is 9.59 Å². The molecule has 5 nitrogen and oxygen atoms in total. The number of benzene rings is 1. The van der Waals surface area contributed by atoms with Crippen molar-refractivity contribution in [3.8, 4) is 0 Å². The monoisotopic (exact) mass is 376 g/mol. The Labute approximate surface area is 141 Å². The first kappa shape index (κ1) is 20.3. The molecule has 0 spiro atoms. The number of halogens is 4. The first-order valence-electron chi connectivity index (χ1n) is 5.60. The van der Waals surface area contributed by atoms with Crippen LogP contribution in [0.15, 0.2) is 0 Å². The van der Waals surface area contributed by atoms with Gasteiger partial charge in [0.05, 0.1) is 31.2 Å². The van der Waals surface area contributed by atoms with Gasteiger partial charge >= 0.3 is 11.9 Å². The number of aromatic carboxylic acids is 2. The van der Waals surface area contributed by atoms with Gasteiger partial charge in [-0.1, -0.05) is 46.4 Å².